The normalized spacial score (nSPS) is 16.1. The molecular formula is C22H21F2N3O4. The topological polar surface area (TPSA) is 77.7 Å². The van der Waals surface area contributed by atoms with Crippen LogP contribution >= 0.6 is 0 Å². The molecular weight excluding hydrogens is 408 g/mol. The number of halogens is 2. The molecule has 0 N–H and O–H groups in total. The summed E-state index contributed by atoms with van der Waals surface area (Å²) in [5.74, 6) is 0.0666. The number of carbonyl (C=O) groups is 1. The summed E-state index contributed by atoms with van der Waals surface area (Å²) in [7, 11) is 1.55. The van der Waals surface area contributed by atoms with Crippen molar-refractivity contribution in [1.29, 1.82) is 0 Å². The highest BCUT2D eigenvalue weighted by Crippen LogP contribution is 2.33. The summed E-state index contributed by atoms with van der Waals surface area (Å²) in [5.41, 5.74) is 0.938. The van der Waals surface area contributed by atoms with Crippen LogP contribution in [0.2, 0.25) is 0 Å². The van der Waals surface area contributed by atoms with Crippen molar-refractivity contribution in [3.8, 4) is 22.9 Å². The maximum atomic E-state index is 13.9. The second-order valence-electron chi connectivity index (χ2n) is 7.17. The Morgan fingerprint density at radius 1 is 1.19 bits per heavy atom. The molecule has 2 aromatic carbocycles. The first-order valence-electron chi connectivity index (χ1n) is 9.85. The molecule has 9 heteroatoms. The second-order valence-corrected chi connectivity index (χ2v) is 7.17. The van der Waals surface area contributed by atoms with Crippen molar-refractivity contribution in [2.24, 2.45) is 0 Å². The van der Waals surface area contributed by atoms with Gasteiger partial charge in [0, 0.05) is 36.7 Å². The van der Waals surface area contributed by atoms with E-state index in [9.17, 15) is 13.6 Å². The average molecular weight is 429 g/mol. The molecule has 1 unspecified atom stereocenters. The molecule has 1 aliphatic heterocycles. The number of hydrogen-bond acceptors (Lipinski definition) is 6. The van der Waals surface area contributed by atoms with E-state index < -0.39 is 11.6 Å². The van der Waals surface area contributed by atoms with Crippen LogP contribution in [-0.4, -0.2) is 41.2 Å². The summed E-state index contributed by atoms with van der Waals surface area (Å²) in [6, 6.07) is 8.64. The number of rotatable bonds is 7. The molecule has 0 aliphatic carbocycles. The predicted octanol–water partition coefficient (Wildman–Crippen LogP) is 3.94. The lowest BCUT2D eigenvalue weighted by atomic mass is 10.1. The van der Waals surface area contributed by atoms with Crippen LogP contribution in [0, 0.1) is 11.6 Å². The third kappa shape index (κ3) is 4.35. The predicted molar refractivity (Wildman–Crippen MR) is 107 cm³/mol. The number of likely N-dealkylation sites (tertiary alicyclic amines) is 1. The van der Waals surface area contributed by atoms with Gasteiger partial charge in [-0.05, 0) is 31.2 Å². The summed E-state index contributed by atoms with van der Waals surface area (Å²) < 4.78 is 43.3. The Labute approximate surface area is 177 Å². The molecule has 1 aromatic heterocycles. The van der Waals surface area contributed by atoms with E-state index >= 15 is 0 Å². The van der Waals surface area contributed by atoms with Gasteiger partial charge >= 0.3 is 0 Å². The van der Waals surface area contributed by atoms with Crippen LogP contribution in [-0.2, 0) is 11.3 Å². The van der Waals surface area contributed by atoms with Gasteiger partial charge in [0.05, 0.1) is 19.6 Å². The van der Waals surface area contributed by atoms with Crippen LogP contribution in [0.1, 0.15) is 30.7 Å². The molecule has 0 saturated carbocycles. The van der Waals surface area contributed by atoms with Gasteiger partial charge in [-0.15, -0.1) is 0 Å². The maximum Gasteiger partial charge on any atom is 0.232 e. The lowest BCUT2D eigenvalue weighted by Gasteiger charge is -2.16. The minimum absolute atomic E-state index is 0.0541. The van der Waals surface area contributed by atoms with Crippen molar-refractivity contribution in [1.82, 2.24) is 15.0 Å². The largest absolute Gasteiger partial charge is 0.493 e. The van der Waals surface area contributed by atoms with Gasteiger partial charge in [0.2, 0.25) is 17.6 Å². The number of hydrogen-bond donors (Lipinski definition) is 0. The summed E-state index contributed by atoms with van der Waals surface area (Å²) >= 11 is 0. The molecule has 0 bridgehead atoms. The standard InChI is InChI=1S/C22H21F2N3O4/c1-3-30-18-7-5-13(8-19(18)29-2)21-25-22(31-26-21)15-9-20(28)27(12-15)11-14-4-6-16(23)10-17(14)24/h4-8,10,15H,3,9,11-12H2,1-2H3. The Morgan fingerprint density at radius 3 is 2.77 bits per heavy atom. The quantitative estimate of drug-likeness (QED) is 0.566. The van der Waals surface area contributed by atoms with Crippen LogP contribution in [0.5, 0.6) is 11.5 Å². The summed E-state index contributed by atoms with van der Waals surface area (Å²) in [5, 5.41) is 4.03. The molecule has 1 saturated heterocycles. The Kier molecular flexibility index (Phi) is 5.83. The van der Waals surface area contributed by atoms with Crippen molar-refractivity contribution >= 4 is 5.91 Å². The highest BCUT2D eigenvalue weighted by atomic mass is 19.1. The molecule has 0 radical (unpaired) electrons. The SMILES string of the molecule is CCOc1ccc(-c2noc(C3CC(=O)N(Cc4ccc(F)cc4F)C3)n2)cc1OC. The number of benzene rings is 2. The fourth-order valence-electron chi connectivity index (χ4n) is 3.55. The highest BCUT2D eigenvalue weighted by molar-refractivity contribution is 5.79. The third-order valence-corrected chi connectivity index (χ3v) is 5.10. The molecule has 1 aliphatic rings. The number of ether oxygens (including phenoxy) is 2. The Morgan fingerprint density at radius 2 is 2.03 bits per heavy atom. The van der Waals surface area contributed by atoms with Crippen LogP contribution in [0.15, 0.2) is 40.9 Å². The minimum Gasteiger partial charge on any atom is -0.493 e. The smallest absolute Gasteiger partial charge is 0.232 e. The van der Waals surface area contributed by atoms with Gasteiger partial charge in [0.15, 0.2) is 11.5 Å². The average Bonchev–Trinajstić information content (AvgIpc) is 3.38. The van der Waals surface area contributed by atoms with Gasteiger partial charge in [-0.3, -0.25) is 4.79 Å². The van der Waals surface area contributed by atoms with Crippen molar-refractivity contribution in [3.05, 3.63) is 59.5 Å². The molecule has 1 fully saturated rings. The maximum absolute atomic E-state index is 13.9. The van der Waals surface area contributed by atoms with Gasteiger partial charge in [0.1, 0.15) is 11.6 Å². The van der Waals surface area contributed by atoms with Gasteiger partial charge < -0.3 is 18.9 Å². The van der Waals surface area contributed by atoms with Crippen LogP contribution in [0.4, 0.5) is 8.78 Å². The van der Waals surface area contributed by atoms with Gasteiger partial charge in [-0.1, -0.05) is 11.2 Å². The minimum atomic E-state index is -0.680. The number of aromatic nitrogens is 2. The Hall–Kier alpha value is -3.49. The molecule has 4 rings (SSSR count). The summed E-state index contributed by atoms with van der Waals surface area (Å²) in [6.45, 7) is 2.76. The van der Waals surface area contributed by atoms with Crippen molar-refractivity contribution in [2.75, 3.05) is 20.3 Å². The molecule has 1 atom stereocenters. The first-order valence-corrected chi connectivity index (χ1v) is 9.85. The van der Waals surface area contributed by atoms with Crippen molar-refractivity contribution < 1.29 is 27.6 Å². The van der Waals surface area contributed by atoms with E-state index in [2.05, 4.69) is 10.1 Å². The zero-order valence-electron chi connectivity index (χ0n) is 17.1. The van der Waals surface area contributed by atoms with Crippen molar-refractivity contribution in [3.63, 3.8) is 0 Å². The first kappa shape index (κ1) is 20.8. The van der Waals surface area contributed by atoms with E-state index in [-0.39, 0.29) is 30.4 Å². The Bertz CT molecular complexity index is 1100. The number of methoxy groups -OCH3 is 1. The highest BCUT2D eigenvalue weighted by Gasteiger charge is 2.34. The summed E-state index contributed by atoms with van der Waals surface area (Å²) in [6.07, 6.45) is 0.178. The van der Waals surface area contributed by atoms with E-state index in [0.29, 0.717) is 41.9 Å². The monoisotopic (exact) mass is 429 g/mol. The number of nitrogens with zero attached hydrogens (tertiary/aromatic N) is 3. The van der Waals surface area contributed by atoms with Crippen LogP contribution in [0.25, 0.3) is 11.4 Å². The fraction of sp³-hybridized carbons (Fsp3) is 0.318. The van der Waals surface area contributed by atoms with Gasteiger partial charge in [-0.25, -0.2) is 8.78 Å². The van der Waals surface area contributed by atoms with E-state index in [1.807, 2.05) is 6.92 Å². The van der Waals surface area contributed by atoms with E-state index in [4.69, 9.17) is 14.0 Å². The molecule has 3 aromatic rings. The molecule has 2 heterocycles. The molecule has 0 spiro atoms. The van der Waals surface area contributed by atoms with Gasteiger partial charge in [-0.2, -0.15) is 4.98 Å². The third-order valence-electron chi connectivity index (χ3n) is 5.10. The lowest BCUT2D eigenvalue weighted by Crippen LogP contribution is -2.25. The van der Waals surface area contributed by atoms with E-state index in [1.165, 1.54) is 17.0 Å². The zero-order chi connectivity index (χ0) is 22.0. The molecule has 162 valence electrons. The van der Waals surface area contributed by atoms with Crippen LogP contribution < -0.4 is 9.47 Å². The first-order chi connectivity index (χ1) is 15.0. The zero-order valence-corrected chi connectivity index (χ0v) is 17.1. The Balaban J connectivity index is 1.49. The number of carbonyl (C=O) groups excluding carboxylic acids is 1. The molecule has 1 amide bonds. The molecule has 31 heavy (non-hydrogen) atoms. The van der Waals surface area contributed by atoms with E-state index in [0.717, 1.165) is 6.07 Å². The molecule has 7 nitrogen and oxygen atoms in total. The van der Waals surface area contributed by atoms with Gasteiger partial charge in [0.25, 0.3) is 0 Å². The van der Waals surface area contributed by atoms with Crippen molar-refractivity contribution in [2.45, 2.75) is 25.8 Å². The number of amides is 1. The second kappa shape index (κ2) is 8.71. The summed E-state index contributed by atoms with van der Waals surface area (Å²) in [4.78, 5) is 18.4. The van der Waals surface area contributed by atoms with E-state index in [1.54, 1.807) is 25.3 Å². The fourth-order valence-corrected chi connectivity index (χ4v) is 3.55. The van der Waals surface area contributed by atoms with Crippen LogP contribution in [0.3, 0.4) is 0 Å². The lowest BCUT2D eigenvalue weighted by molar-refractivity contribution is -0.128.